The van der Waals surface area contributed by atoms with Gasteiger partial charge in [-0.3, -0.25) is 0 Å². The number of benzene rings is 1. The summed E-state index contributed by atoms with van der Waals surface area (Å²) in [6, 6.07) is 2.32. The number of nitrogens with zero attached hydrogens (tertiary/aromatic N) is 1. The van der Waals surface area contributed by atoms with E-state index in [1.54, 1.807) is 24.9 Å². The molecule has 2 aliphatic rings. The number of thioether (sulfide) groups is 1. The van der Waals surface area contributed by atoms with Gasteiger partial charge in [0.1, 0.15) is 5.75 Å². The number of hydrogen-bond donors (Lipinski definition) is 0. The molecule has 0 N–H and O–H groups in total. The van der Waals surface area contributed by atoms with Gasteiger partial charge in [-0.1, -0.05) is 18.7 Å². The molecule has 116 valence electrons. The molecule has 0 fully saturated rings. The minimum atomic E-state index is 1.06. The fourth-order valence-electron chi connectivity index (χ4n) is 3.48. The lowest BCUT2D eigenvalue weighted by Crippen LogP contribution is -2.34. The zero-order valence-electron chi connectivity index (χ0n) is 13.2. The Morgan fingerprint density at radius 1 is 1.23 bits per heavy atom. The summed E-state index contributed by atoms with van der Waals surface area (Å²) < 4.78 is 5.77. The Morgan fingerprint density at radius 2 is 2.05 bits per heavy atom. The Bertz CT molecular complexity index is 616. The highest BCUT2D eigenvalue weighted by molar-refractivity contribution is 8.05. The molecule has 2 nitrogen and oxygen atoms in total. The quantitative estimate of drug-likeness (QED) is 0.725. The highest BCUT2D eigenvalue weighted by atomic mass is 32.2. The molecule has 0 atom stereocenters. The number of hydrogen-bond acceptors (Lipinski definition) is 3. The standard InChI is InChI=1S/C19H23NOS/c1-3-4-12-22-13-9-16-14-15-7-5-10-20-11-6-8-17(18(15)20)19(16)21-2/h3-4,9,12-14H,1,5-8,10-11H2,2H3/b12-4-,13-9?. The second-order valence-electron chi connectivity index (χ2n) is 5.68. The maximum atomic E-state index is 5.77. The minimum Gasteiger partial charge on any atom is -0.496 e. The fraction of sp³-hybridized carbons (Fsp3) is 0.368. The molecule has 1 aromatic rings. The topological polar surface area (TPSA) is 12.5 Å². The Labute approximate surface area is 137 Å². The van der Waals surface area contributed by atoms with Crippen LogP contribution in [-0.2, 0) is 12.8 Å². The van der Waals surface area contributed by atoms with E-state index in [1.807, 2.05) is 11.5 Å². The van der Waals surface area contributed by atoms with Crippen LogP contribution >= 0.6 is 11.8 Å². The number of anilines is 1. The van der Waals surface area contributed by atoms with Crippen LogP contribution < -0.4 is 9.64 Å². The first-order valence-electron chi connectivity index (χ1n) is 7.92. The number of rotatable bonds is 5. The molecule has 2 aliphatic heterocycles. The van der Waals surface area contributed by atoms with E-state index >= 15 is 0 Å². The van der Waals surface area contributed by atoms with Gasteiger partial charge in [0.05, 0.1) is 7.11 Å². The highest BCUT2D eigenvalue weighted by Crippen LogP contribution is 2.42. The third kappa shape index (κ3) is 2.95. The van der Waals surface area contributed by atoms with Crippen molar-refractivity contribution in [3.05, 3.63) is 52.3 Å². The molecule has 3 heteroatoms. The van der Waals surface area contributed by atoms with Crippen molar-refractivity contribution in [1.82, 2.24) is 0 Å². The van der Waals surface area contributed by atoms with Crippen LogP contribution in [0.2, 0.25) is 0 Å². The molecule has 0 spiro atoms. The molecule has 0 saturated heterocycles. The van der Waals surface area contributed by atoms with Gasteiger partial charge in [-0.05, 0) is 54.2 Å². The maximum Gasteiger partial charge on any atom is 0.131 e. The van der Waals surface area contributed by atoms with E-state index in [0.717, 1.165) is 12.2 Å². The van der Waals surface area contributed by atoms with Gasteiger partial charge >= 0.3 is 0 Å². The fourth-order valence-corrected chi connectivity index (χ4v) is 4.00. The van der Waals surface area contributed by atoms with E-state index in [2.05, 4.69) is 29.0 Å². The van der Waals surface area contributed by atoms with Crippen molar-refractivity contribution in [2.24, 2.45) is 0 Å². The van der Waals surface area contributed by atoms with Crippen LogP contribution in [0.1, 0.15) is 29.5 Å². The molecule has 0 amide bonds. The molecule has 0 aromatic heterocycles. The van der Waals surface area contributed by atoms with Crippen LogP contribution in [0.3, 0.4) is 0 Å². The van der Waals surface area contributed by atoms with Gasteiger partial charge in [-0.15, -0.1) is 11.8 Å². The van der Waals surface area contributed by atoms with E-state index in [4.69, 9.17) is 4.74 Å². The van der Waals surface area contributed by atoms with E-state index in [1.165, 1.54) is 54.7 Å². The average Bonchev–Trinajstić information content (AvgIpc) is 2.55. The Balaban J connectivity index is 1.97. The summed E-state index contributed by atoms with van der Waals surface area (Å²) in [5, 5.41) is 4.14. The van der Waals surface area contributed by atoms with Gasteiger partial charge in [-0.2, -0.15) is 0 Å². The predicted octanol–water partition coefficient (Wildman–Crippen LogP) is 4.80. The van der Waals surface area contributed by atoms with Crippen LogP contribution in [0.25, 0.3) is 6.08 Å². The second-order valence-corrected chi connectivity index (χ2v) is 6.50. The van der Waals surface area contributed by atoms with Gasteiger partial charge in [0, 0.05) is 29.9 Å². The van der Waals surface area contributed by atoms with Crippen LogP contribution in [-0.4, -0.2) is 20.2 Å². The molecule has 2 heterocycles. The summed E-state index contributed by atoms with van der Waals surface area (Å²) in [4.78, 5) is 2.55. The molecular formula is C19H23NOS. The van der Waals surface area contributed by atoms with Gasteiger partial charge in [0.15, 0.2) is 0 Å². The minimum absolute atomic E-state index is 1.06. The molecule has 0 bridgehead atoms. The molecule has 0 aliphatic carbocycles. The molecule has 0 radical (unpaired) electrons. The van der Waals surface area contributed by atoms with Crippen molar-refractivity contribution in [2.75, 3.05) is 25.1 Å². The monoisotopic (exact) mass is 313 g/mol. The first-order chi connectivity index (χ1) is 10.8. The van der Waals surface area contributed by atoms with E-state index in [9.17, 15) is 0 Å². The third-order valence-corrected chi connectivity index (χ3v) is 4.93. The number of ether oxygens (including phenoxy) is 1. The Morgan fingerprint density at radius 3 is 2.82 bits per heavy atom. The zero-order valence-corrected chi connectivity index (χ0v) is 14.0. The first kappa shape index (κ1) is 15.3. The number of methoxy groups -OCH3 is 1. The molecule has 0 saturated carbocycles. The molecule has 22 heavy (non-hydrogen) atoms. The van der Waals surface area contributed by atoms with Crippen molar-refractivity contribution in [3.8, 4) is 5.75 Å². The lowest BCUT2D eigenvalue weighted by atomic mass is 9.89. The van der Waals surface area contributed by atoms with Crippen LogP contribution in [0.5, 0.6) is 5.75 Å². The molecular weight excluding hydrogens is 290 g/mol. The maximum absolute atomic E-state index is 5.77. The van der Waals surface area contributed by atoms with Crippen molar-refractivity contribution in [1.29, 1.82) is 0 Å². The van der Waals surface area contributed by atoms with Crippen molar-refractivity contribution >= 4 is 23.5 Å². The summed E-state index contributed by atoms with van der Waals surface area (Å²) in [6.45, 7) is 6.07. The normalized spacial score (nSPS) is 17.0. The highest BCUT2D eigenvalue weighted by Gasteiger charge is 2.27. The molecule has 0 unspecified atom stereocenters. The SMILES string of the molecule is C=C/C=C\SC=Cc1cc2c3c(c1OC)CCCN3CCC2. The summed E-state index contributed by atoms with van der Waals surface area (Å²) in [7, 11) is 1.79. The lowest BCUT2D eigenvalue weighted by molar-refractivity contribution is 0.406. The third-order valence-electron chi connectivity index (χ3n) is 4.32. The summed E-state index contributed by atoms with van der Waals surface area (Å²) in [6.07, 6.45) is 10.7. The zero-order chi connectivity index (χ0) is 15.4. The van der Waals surface area contributed by atoms with Crippen LogP contribution in [0, 0.1) is 0 Å². The Hall–Kier alpha value is -1.61. The summed E-state index contributed by atoms with van der Waals surface area (Å²) in [5.41, 5.74) is 5.58. The summed E-state index contributed by atoms with van der Waals surface area (Å²) in [5.74, 6) is 1.06. The van der Waals surface area contributed by atoms with Crippen molar-refractivity contribution in [2.45, 2.75) is 25.7 Å². The van der Waals surface area contributed by atoms with Gasteiger partial charge < -0.3 is 9.64 Å². The second kappa shape index (κ2) is 7.10. The van der Waals surface area contributed by atoms with E-state index in [-0.39, 0.29) is 0 Å². The van der Waals surface area contributed by atoms with Gasteiger partial charge in [0.25, 0.3) is 0 Å². The summed E-state index contributed by atoms with van der Waals surface area (Å²) >= 11 is 1.66. The molecule has 1 aromatic carbocycles. The van der Waals surface area contributed by atoms with Crippen molar-refractivity contribution < 1.29 is 4.74 Å². The smallest absolute Gasteiger partial charge is 0.131 e. The average molecular weight is 313 g/mol. The largest absolute Gasteiger partial charge is 0.496 e. The number of aryl methyl sites for hydroxylation is 1. The van der Waals surface area contributed by atoms with Crippen LogP contribution in [0.4, 0.5) is 5.69 Å². The van der Waals surface area contributed by atoms with E-state index in [0.29, 0.717) is 0 Å². The first-order valence-corrected chi connectivity index (χ1v) is 8.86. The predicted molar refractivity (Wildman–Crippen MR) is 97.8 cm³/mol. The van der Waals surface area contributed by atoms with Crippen LogP contribution in [0.15, 0.2) is 35.6 Å². The molecule has 3 rings (SSSR count). The van der Waals surface area contributed by atoms with Crippen molar-refractivity contribution in [3.63, 3.8) is 0 Å². The van der Waals surface area contributed by atoms with Gasteiger partial charge in [0.2, 0.25) is 0 Å². The lowest BCUT2D eigenvalue weighted by Gasteiger charge is -2.38. The number of allylic oxidation sites excluding steroid dienone is 2. The Kier molecular flexibility index (Phi) is 4.94. The van der Waals surface area contributed by atoms with Gasteiger partial charge in [-0.25, -0.2) is 0 Å². The van der Waals surface area contributed by atoms with E-state index < -0.39 is 0 Å².